The number of anilines is 6. The van der Waals surface area contributed by atoms with Gasteiger partial charge in [0.2, 0.25) is 5.78 Å². The zero-order chi connectivity index (χ0) is 42.8. The summed E-state index contributed by atoms with van der Waals surface area (Å²) in [6.45, 7) is 0.000297. The van der Waals surface area contributed by atoms with Gasteiger partial charge in [0.1, 0.15) is 0 Å². The lowest BCUT2D eigenvalue weighted by Gasteiger charge is -2.44. The summed E-state index contributed by atoms with van der Waals surface area (Å²) in [6.07, 6.45) is 0. The van der Waals surface area contributed by atoms with Crippen molar-refractivity contribution in [3.63, 3.8) is 0 Å². The molecule has 6 heteroatoms. The van der Waals surface area contributed by atoms with Crippen LogP contribution in [0.3, 0.4) is 0 Å². The van der Waals surface area contributed by atoms with Crippen LogP contribution in [0.5, 0.6) is 0 Å². The third kappa shape index (κ3) is 5.77. The summed E-state index contributed by atoms with van der Waals surface area (Å²) in [4.78, 5) is 10.7. The number of hydrogen-bond acceptors (Lipinski definition) is 3. The summed E-state index contributed by atoms with van der Waals surface area (Å²) in [5, 5.41) is 0. The predicted molar refractivity (Wildman–Crippen MR) is 270 cm³/mol. The van der Waals surface area contributed by atoms with Gasteiger partial charge in [-0.05, 0) is 64.9 Å². The van der Waals surface area contributed by atoms with Crippen LogP contribution in [0.15, 0.2) is 243 Å². The second-order valence-corrected chi connectivity index (χ2v) is 16.7. The number of imidazole rings is 2. The van der Waals surface area contributed by atoms with Crippen LogP contribution in [-0.4, -0.2) is 20.7 Å². The molecule has 11 aromatic rings. The van der Waals surface area contributed by atoms with Gasteiger partial charge in [-0.2, -0.15) is 0 Å². The zero-order valence-electron chi connectivity index (χ0n) is 35.4. The molecule has 304 valence electrons. The molecule has 0 fully saturated rings. The van der Waals surface area contributed by atoms with Crippen LogP contribution in [0.4, 0.5) is 34.1 Å². The van der Waals surface area contributed by atoms with Gasteiger partial charge in [-0.1, -0.05) is 194 Å². The van der Waals surface area contributed by atoms with Crippen molar-refractivity contribution in [2.45, 2.75) is 0 Å². The van der Waals surface area contributed by atoms with Gasteiger partial charge in [-0.3, -0.25) is 8.97 Å². The van der Waals surface area contributed by atoms with E-state index in [9.17, 15) is 0 Å². The molecule has 0 saturated heterocycles. The highest BCUT2D eigenvalue weighted by atomic mass is 15.2. The molecule has 2 aromatic heterocycles. The Kier molecular flexibility index (Phi) is 8.56. The van der Waals surface area contributed by atoms with E-state index in [1.54, 1.807) is 0 Å². The Balaban J connectivity index is 1.22. The van der Waals surface area contributed by atoms with Gasteiger partial charge in [0, 0.05) is 56.4 Å². The zero-order valence-corrected chi connectivity index (χ0v) is 35.4. The Bertz CT molecular complexity index is 3420. The van der Waals surface area contributed by atoms with Crippen molar-refractivity contribution in [3.05, 3.63) is 243 Å². The van der Waals surface area contributed by atoms with E-state index in [2.05, 4.69) is 261 Å². The van der Waals surface area contributed by atoms with E-state index in [1.807, 2.05) is 0 Å². The largest absolute Gasteiger partial charge is 0.311 e. The topological polar surface area (TPSA) is 28.7 Å². The van der Waals surface area contributed by atoms with Crippen molar-refractivity contribution >= 4 is 63.0 Å². The molecule has 9 aromatic carbocycles. The molecule has 65 heavy (non-hydrogen) atoms. The third-order valence-electron chi connectivity index (χ3n) is 13.1. The summed E-state index contributed by atoms with van der Waals surface area (Å²) in [7, 11) is 0. The molecule has 13 rings (SSSR count). The Morgan fingerprint density at radius 2 is 0.708 bits per heavy atom. The van der Waals surface area contributed by atoms with Gasteiger partial charge >= 0.3 is 0 Å². The lowest BCUT2D eigenvalue weighted by Crippen LogP contribution is -2.61. The summed E-state index contributed by atoms with van der Waals surface area (Å²) in [6, 6.07) is 87.5. The van der Waals surface area contributed by atoms with Crippen molar-refractivity contribution in [1.82, 2.24) is 14.0 Å². The van der Waals surface area contributed by atoms with E-state index >= 15 is 0 Å². The maximum Gasteiger partial charge on any atom is 0.252 e. The van der Waals surface area contributed by atoms with Crippen molar-refractivity contribution in [1.29, 1.82) is 0 Å². The van der Waals surface area contributed by atoms with E-state index in [-0.39, 0.29) is 6.71 Å². The molecule has 0 spiro atoms. The summed E-state index contributed by atoms with van der Waals surface area (Å²) >= 11 is 0. The van der Waals surface area contributed by atoms with Gasteiger partial charge in [0.05, 0.1) is 28.5 Å². The molecular formula is C59H40BN5. The first-order valence-corrected chi connectivity index (χ1v) is 22.3. The molecule has 0 amide bonds. The number of aromatic nitrogens is 3. The van der Waals surface area contributed by atoms with E-state index in [1.165, 1.54) is 27.8 Å². The standard InChI is InChI=1S/C59H40BN5/c1-7-23-41(24-8-1)55-56(42-25-9-2-10-26-42)65-58(44-29-13-4-14-30-44)57(43-27-11-3-12-28-43)64(59(65)61-55)47-39-52-54-53(40-47)63(46-33-17-6-18-34-46)51-38-22-20-36-49(51)60(54)48-35-19-21-37-50(48)62(52)45-31-15-5-16-32-45/h1-40H. The molecular weight excluding hydrogens is 789 g/mol. The van der Waals surface area contributed by atoms with Gasteiger partial charge in [-0.15, -0.1) is 0 Å². The highest BCUT2D eigenvalue weighted by Gasteiger charge is 2.44. The minimum absolute atomic E-state index is 0.000297. The number of para-hydroxylation sites is 4. The van der Waals surface area contributed by atoms with Crippen LogP contribution in [0.25, 0.3) is 56.5 Å². The number of fused-ring (bicyclic) bond motifs is 5. The van der Waals surface area contributed by atoms with Gasteiger partial charge in [0.15, 0.2) is 0 Å². The Hall–Kier alpha value is -8.61. The second kappa shape index (κ2) is 15.0. The van der Waals surface area contributed by atoms with Crippen LogP contribution >= 0.6 is 0 Å². The molecule has 0 N–H and O–H groups in total. The van der Waals surface area contributed by atoms with E-state index < -0.39 is 0 Å². The van der Waals surface area contributed by atoms with Crippen molar-refractivity contribution in [2.75, 3.05) is 9.80 Å². The first-order chi connectivity index (χ1) is 32.3. The first-order valence-electron chi connectivity index (χ1n) is 22.3. The summed E-state index contributed by atoms with van der Waals surface area (Å²) in [5.74, 6) is 0.828. The highest BCUT2D eigenvalue weighted by Crippen LogP contribution is 2.48. The fraction of sp³-hybridized carbons (Fsp3) is 0. The third-order valence-corrected chi connectivity index (χ3v) is 13.1. The molecule has 0 aliphatic carbocycles. The van der Waals surface area contributed by atoms with Crippen LogP contribution < -0.4 is 26.2 Å². The lowest BCUT2D eigenvalue weighted by molar-refractivity contribution is 1.07. The molecule has 0 bridgehead atoms. The molecule has 0 saturated carbocycles. The second-order valence-electron chi connectivity index (χ2n) is 16.7. The fourth-order valence-corrected chi connectivity index (χ4v) is 10.4. The number of rotatable bonds is 7. The predicted octanol–water partition coefficient (Wildman–Crippen LogP) is 12.9. The molecule has 0 unspecified atom stereocenters. The molecule has 4 heterocycles. The number of nitrogens with zero attached hydrogens (tertiary/aromatic N) is 5. The quantitative estimate of drug-likeness (QED) is 0.150. The average Bonchev–Trinajstić information content (AvgIpc) is 3.93. The van der Waals surface area contributed by atoms with Gasteiger partial charge < -0.3 is 9.80 Å². The van der Waals surface area contributed by atoms with Crippen molar-refractivity contribution in [3.8, 4) is 50.7 Å². The smallest absolute Gasteiger partial charge is 0.252 e. The maximum atomic E-state index is 5.79. The first kappa shape index (κ1) is 37.0. The molecule has 0 radical (unpaired) electrons. The number of benzene rings is 9. The van der Waals surface area contributed by atoms with E-state index in [4.69, 9.17) is 4.98 Å². The molecule has 5 nitrogen and oxygen atoms in total. The van der Waals surface area contributed by atoms with E-state index in [0.717, 1.165) is 79.2 Å². The van der Waals surface area contributed by atoms with Crippen LogP contribution in [0.2, 0.25) is 0 Å². The minimum atomic E-state index is 0.000297. The van der Waals surface area contributed by atoms with Crippen LogP contribution in [0, 0.1) is 0 Å². The van der Waals surface area contributed by atoms with Crippen LogP contribution in [-0.2, 0) is 0 Å². The summed E-state index contributed by atoms with van der Waals surface area (Å²) in [5.41, 5.74) is 20.1. The normalized spacial score (nSPS) is 12.5. The van der Waals surface area contributed by atoms with Gasteiger partial charge in [-0.25, -0.2) is 4.98 Å². The molecule has 2 aliphatic rings. The Morgan fingerprint density at radius 3 is 1.18 bits per heavy atom. The Morgan fingerprint density at radius 1 is 0.323 bits per heavy atom. The number of hydrogen-bond donors (Lipinski definition) is 0. The monoisotopic (exact) mass is 829 g/mol. The summed E-state index contributed by atoms with van der Waals surface area (Å²) < 4.78 is 4.84. The van der Waals surface area contributed by atoms with Gasteiger partial charge in [0.25, 0.3) is 6.71 Å². The molecule has 0 atom stereocenters. The lowest BCUT2D eigenvalue weighted by atomic mass is 9.33. The van der Waals surface area contributed by atoms with Crippen molar-refractivity contribution < 1.29 is 0 Å². The average molecular weight is 830 g/mol. The molecule has 2 aliphatic heterocycles. The fourth-order valence-electron chi connectivity index (χ4n) is 10.4. The maximum absolute atomic E-state index is 5.79. The SMILES string of the molecule is c1ccc(-c2nc3n(-c4cc5c6c(c4)N(c4ccccc4)c4ccccc4B6c4ccccc4N5c4ccccc4)c(-c4ccccc4)c(-c4ccccc4)n3c2-c2ccccc2)cc1. The van der Waals surface area contributed by atoms with Crippen LogP contribution in [0.1, 0.15) is 0 Å². The van der Waals surface area contributed by atoms with E-state index in [0.29, 0.717) is 0 Å². The highest BCUT2D eigenvalue weighted by molar-refractivity contribution is 7.00. The van der Waals surface area contributed by atoms with Crippen molar-refractivity contribution in [2.24, 2.45) is 0 Å². The Labute approximate surface area is 378 Å². The minimum Gasteiger partial charge on any atom is -0.311 e.